The van der Waals surface area contributed by atoms with E-state index in [0.29, 0.717) is 0 Å². The predicted octanol–water partition coefficient (Wildman–Crippen LogP) is 4.10. The summed E-state index contributed by atoms with van der Waals surface area (Å²) in [6.45, 7) is 5.78. The van der Waals surface area contributed by atoms with Crippen LogP contribution in [-0.4, -0.2) is 38.5 Å². The number of para-hydroxylation sites is 1. The molecule has 0 bridgehead atoms. The molecule has 7 heteroatoms. The number of hydrogen-bond donors (Lipinski definition) is 1. The van der Waals surface area contributed by atoms with E-state index >= 15 is 0 Å². The second kappa shape index (κ2) is 8.91. The van der Waals surface area contributed by atoms with Gasteiger partial charge in [-0.05, 0) is 54.5 Å². The van der Waals surface area contributed by atoms with Gasteiger partial charge in [0.1, 0.15) is 0 Å². The number of likely N-dealkylation sites (N-methyl/N-ethyl adjacent to an activating group) is 1. The first-order chi connectivity index (χ1) is 12.7. The molecule has 146 valence electrons. The van der Waals surface area contributed by atoms with Gasteiger partial charge in [-0.1, -0.05) is 32.0 Å². The lowest BCUT2D eigenvalue weighted by Gasteiger charge is -2.20. The number of rotatable bonds is 7. The first-order valence-electron chi connectivity index (χ1n) is 8.66. The van der Waals surface area contributed by atoms with Crippen molar-refractivity contribution in [2.24, 2.45) is 0 Å². The van der Waals surface area contributed by atoms with Crippen molar-refractivity contribution in [2.75, 3.05) is 25.2 Å². The highest BCUT2D eigenvalue weighted by molar-refractivity contribution is 7.98. The molecule has 0 spiro atoms. The summed E-state index contributed by atoms with van der Waals surface area (Å²) in [5.41, 5.74) is 2.74. The van der Waals surface area contributed by atoms with E-state index in [0.717, 1.165) is 26.0 Å². The number of thioether (sulfide) groups is 1. The molecule has 2 rings (SSSR count). The molecule has 0 saturated heterocycles. The first-order valence-corrected chi connectivity index (χ1v) is 11.3. The van der Waals surface area contributed by atoms with Gasteiger partial charge in [0.25, 0.3) is 0 Å². The van der Waals surface area contributed by atoms with Crippen molar-refractivity contribution in [3.05, 3.63) is 53.6 Å². The van der Waals surface area contributed by atoms with Crippen LogP contribution in [0.5, 0.6) is 0 Å². The molecule has 0 aliphatic carbocycles. The predicted molar refractivity (Wildman–Crippen MR) is 112 cm³/mol. The molecule has 0 radical (unpaired) electrons. The molecule has 0 atom stereocenters. The zero-order chi connectivity index (χ0) is 20.2. The normalized spacial score (nSPS) is 11.8. The van der Waals surface area contributed by atoms with E-state index in [1.807, 2.05) is 31.4 Å². The fraction of sp³-hybridized carbons (Fsp3) is 0.350. The number of amides is 1. The minimum atomic E-state index is -3.72. The number of nitrogens with zero attached hydrogens (tertiary/aromatic N) is 1. The second-order valence-electron chi connectivity index (χ2n) is 6.68. The maximum absolute atomic E-state index is 12.7. The SMILES string of the molecule is CSc1ccc(S(=O)(=O)N(C)CC(=O)Nc2c(C)cccc2C(C)C)cc1. The Hall–Kier alpha value is -1.83. The van der Waals surface area contributed by atoms with Gasteiger partial charge < -0.3 is 5.32 Å². The summed E-state index contributed by atoms with van der Waals surface area (Å²) in [5, 5.41) is 2.88. The van der Waals surface area contributed by atoms with Crippen LogP contribution in [0.25, 0.3) is 0 Å². The summed E-state index contributed by atoms with van der Waals surface area (Å²) in [6, 6.07) is 12.5. The van der Waals surface area contributed by atoms with Crippen LogP contribution in [0, 0.1) is 6.92 Å². The number of benzene rings is 2. The van der Waals surface area contributed by atoms with Gasteiger partial charge in [0, 0.05) is 17.6 Å². The van der Waals surface area contributed by atoms with Crippen molar-refractivity contribution < 1.29 is 13.2 Å². The minimum Gasteiger partial charge on any atom is -0.324 e. The summed E-state index contributed by atoms with van der Waals surface area (Å²) in [4.78, 5) is 13.7. The van der Waals surface area contributed by atoms with Crippen LogP contribution in [0.4, 0.5) is 5.69 Å². The third-order valence-corrected chi connectivity index (χ3v) is 6.89. The molecule has 1 N–H and O–H groups in total. The minimum absolute atomic E-state index is 0.175. The Balaban J connectivity index is 2.15. The smallest absolute Gasteiger partial charge is 0.243 e. The molecular formula is C20H26N2O3S2. The van der Waals surface area contributed by atoms with Gasteiger partial charge in [-0.3, -0.25) is 4.79 Å². The van der Waals surface area contributed by atoms with Crippen molar-refractivity contribution >= 4 is 33.4 Å². The molecule has 5 nitrogen and oxygen atoms in total. The maximum atomic E-state index is 12.7. The van der Waals surface area contributed by atoms with E-state index in [4.69, 9.17) is 0 Å². The molecular weight excluding hydrogens is 380 g/mol. The molecule has 0 aliphatic heterocycles. The Morgan fingerprint density at radius 3 is 2.33 bits per heavy atom. The van der Waals surface area contributed by atoms with E-state index in [1.165, 1.54) is 7.05 Å². The number of hydrogen-bond acceptors (Lipinski definition) is 4. The highest BCUT2D eigenvalue weighted by Crippen LogP contribution is 2.27. The summed E-state index contributed by atoms with van der Waals surface area (Å²) >= 11 is 1.54. The van der Waals surface area contributed by atoms with Gasteiger partial charge in [-0.15, -0.1) is 11.8 Å². The lowest BCUT2D eigenvalue weighted by atomic mass is 9.98. The zero-order valence-corrected chi connectivity index (χ0v) is 17.9. The number of nitrogens with one attached hydrogen (secondary N) is 1. The zero-order valence-electron chi connectivity index (χ0n) is 16.3. The Labute approximate surface area is 166 Å². The molecule has 27 heavy (non-hydrogen) atoms. The molecule has 0 heterocycles. The highest BCUT2D eigenvalue weighted by Gasteiger charge is 2.23. The van der Waals surface area contributed by atoms with Crippen LogP contribution in [0.1, 0.15) is 30.9 Å². The van der Waals surface area contributed by atoms with E-state index in [2.05, 4.69) is 19.2 Å². The highest BCUT2D eigenvalue weighted by atomic mass is 32.2. The van der Waals surface area contributed by atoms with Crippen molar-refractivity contribution in [3.63, 3.8) is 0 Å². The topological polar surface area (TPSA) is 66.5 Å². The third kappa shape index (κ3) is 5.12. The van der Waals surface area contributed by atoms with Crippen LogP contribution >= 0.6 is 11.8 Å². The molecule has 2 aromatic rings. The Morgan fingerprint density at radius 2 is 1.78 bits per heavy atom. The van der Waals surface area contributed by atoms with Crippen LogP contribution in [0.2, 0.25) is 0 Å². The van der Waals surface area contributed by atoms with Gasteiger partial charge in [0.15, 0.2) is 0 Å². The molecule has 2 aromatic carbocycles. The molecule has 0 fully saturated rings. The van der Waals surface area contributed by atoms with Gasteiger partial charge in [-0.25, -0.2) is 8.42 Å². The number of sulfonamides is 1. The fourth-order valence-electron chi connectivity index (χ4n) is 2.74. The molecule has 0 unspecified atom stereocenters. The second-order valence-corrected chi connectivity index (χ2v) is 9.60. The summed E-state index contributed by atoms with van der Waals surface area (Å²) in [6.07, 6.45) is 1.93. The quantitative estimate of drug-likeness (QED) is 0.703. The number of anilines is 1. The summed E-state index contributed by atoms with van der Waals surface area (Å²) < 4.78 is 26.5. The number of aryl methyl sites for hydroxylation is 1. The molecule has 0 aliphatic rings. The van der Waals surface area contributed by atoms with E-state index in [9.17, 15) is 13.2 Å². The van der Waals surface area contributed by atoms with Crippen molar-refractivity contribution in [1.82, 2.24) is 4.31 Å². The Bertz CT molecular complexity index is 907. The van der Waals surface area contributed by atoms with Crippen molar-refractivity contribution in [3.8, 4) is 0 Å². The Kier molecular flexibility index (Phi) is 7.08. The van der Waals surface area contributed by atoms with Crippen LogP contribution in [-0.2, 0) is 14.8 Å². The number of carbonyl (C=O) groups excluding carboxylic acids is 1. The number of carbonyl (C=O) groups is 1. The van der Waals surface area contributed by atoms with Gasteiger partial charge in [-0.2, -0.15) is 4.31 Å². The van der Waals surface area contributed by atoms with Crippen molar-refractivity contribution in [1.29, 1.82) is 0 Å². The van der Waals surface area contributed by atoms with Gasteiger partial charge in [0.2, 0.25) is 15.9 Å². The van der Waals surface area contributed by atoms with E-state index in [1.54, 1.807) is 36.0 Å². The van der Waals surface area contributed by atoms with Gasteiger partial charge >= 0.3 is 0 Å². The largest absolute Gasteiger partial charge is 0.324 e. The lowest BCUT2D eigenvalue weighted by molar-refractivity contribution is -0.116. The van der Waals surface area contributed by atoms with Crippen molar-refractivity contribution in [2.45, 2.75) is 36.5 Å². The van der Waals surface area contributed by atoms with E-state index in [-0.39, 0.29) is 23.3 Å². The Morgan fingerprint density at radius 1 is 1.15 bits per heavy atom. The molecule has 0 saturated carbocycles. The third-order valence-electron chi connectivity index (χ3n) is 4.33. The van der Waals surface area contributed by atoms with Gasteiger partial charge in [0.05, 0.1) is 11.4 Å². The molecule has 1 amide bonds. The van der Waals surface area contributed by atoms with Crippen LogP contribution < -0.4 is 5.32 Å². The maximum Gasteiger partial charge on any atom is 0.243 e. The molecule has 0 aromatic heterocycles. The van der Waals surface area contributed by atoms with E-state index < -0.39 is 10.0 Å². The monoisotopic (exact) mass is 406 g/mol. The summed E-state index contributed by atoms with van der Waals surface area (Å²) in [5.74, 6) is -0.116. The average Bonchev–Trinajstić information content (AvgIpc) is 2.63. The lowest BCUT2D eigenvalue weighted by Crippen LogP contribution is -2.35. The first kappa shape index (κ1) is 21.5. The van der Waals surface area contributed by atoms with Crippen LogP contribution in [0.15, 0.2) is 52.3 Å². The van der Waals surface area contributed by atoms with Crippen LogP contribution in [0.3, 0.4) is 0 Å². The average molecular weight is 407 g/mol. The summed E-state index contributed by atoms with van der Waals surface area (Å²) in [7, 11) is -2.31. The standard InChI is InChI=1S/C20H26N2O3S2/c1-14(2)18-8-6-7-15(3)20(18)21-19(23)13-22(4)27(24,25)17-11-9-16(26-5)10-12-17/h6-12,14H,13H2,1-5H3,(H,21,23). The fourth-order valence-corrected chi connectivity index (χ4v) is 4.27.